The SMILES string of the molecule is C[n+]1cc(-c2ccccc2)c(-c2ccc(S(C)(=O)=O)cc2)o1.F[B-](F)(F)F. The lowest BCUT2D eigenvalue weighted by atomic mass is 10.0. The molecule has 0 atom stereocenters. The van der Waals surface area contributed by atoms with E-state index in [9.17, 15) is 25.7 Å². The summed E-state index contributed by atoms with van der Waals surface area (Å²) in [5.74, 6) is 0.716. The zero-order chi connectivity index (χ0) is 20.2. The van der Waals surface area contributed by atoms with Crippen LogP contribution in [0.25, 0.3) is 22.5 Å². The summed E-state index contributed by atoms with van der Waals surface area (Å²) in [5.41, 5.74) is 2.86. The molecule has 0 spiro atoms. The highest BCUT2D eigenvalue weighted by molar-refractivity contribution is 7.90. The summed E-state index contributed by atoms with van der Waals surface area (Å²) in [6.45, 7) is 0. The Morgan fingerprint density at radius 3 is 1.89 bits per heavy atom. The predicted molar refractivity (Wildman–Crippen MR) is 94.1 cm³/mol. The fourth-order valence-electron chi connectivity index (χ4n) is 2.35. The second-order valence-electron chi connectivity index (χ2n) is 5.67. The minimum absolute atomic E-state index is 0.299. The van der Waals surface area contributed by atoms with Crippen LogP contribution in [0, 0.1) is 0 Å². The molecule has 0 amide bonds. The van der Waals surface area contributed by atoms with Crippen LogP contribution in [0.3, 0.4) is 0 Å². The number of sulfone groups is 1. The van der Waals surface area contributed by atoms with E-state index in [-0.39, 0.29) is 0 Å². The van der Waals surface area contributed by atoms with Gasteiger partial charge in [0.15, 0.2) is 16.9 Å². The van der Waals surface area contributed by atoms with Crippen molar-refractivity contribution in [3.63, 3.8) is 0 Å². The Kier molecular flexibility index (Phi) is 6.10. The smallest absolute Gasteiger partial charge is 0.418 e. The summed E-state index contributed by atoms with van der Waals surface area (Å²) in [4.78, 5) is 0.299. The zero-order valence-corrected chi connectivity index (χ0v) is 15.3. The van der Waals surface area contributed by atoms with Gasteiger partial charge < -0.3 is 17.3 Å². The molecule has 0 saturated carbocycles. The second kappa shape index (κ2) is 7.95. The molecule has 0 N–H and O–H groups in total. The molecular formula is C17H16BF4NO3S. The number of nitrogens with zero attached hydrogens (tertiary/aromatic N) is 1. The maximum absolute atomic E-state index is 11.5. The highest BCUT2D eigenvalue weighted by Gasteiger charge is 2.21. The first kappa shape index (κ1) is 20.7. The van der Waals surface area contributed by atoms with E-state index in [4.69, 9.17) is 4.52 Å². The van der Waals surface area contributed by atoms with E-state index in [1.807, 2.05) is 43.6 Å². The lowest BCUT2D eigenvalue weighted by Gasteiger charge is -2.01. The van der Waals surface area contributed by atoms with Crippen molar-refractivity contribution in [1.29, 1.82) is 0 Å². The van der Waals surface area contributed by atoms with Crippen LogP contribution in [0.5, 0.6) is 0 Å². The molecule has 0 bridgehead atoms. The molecular weight excluding hydrogens is 385 g/mol. The summed E-state index contributed by atoms with van der Waals surface area (Å²) < 4.78 is 69.5. The van der Waals surface area contributed by atoms with Crippen molar-refractivity contribution < 1.29 is 34.9 Å². The zero-order valence-electron chi connectivity index (χ0n) is 14.4. The van der Waals surface area contributed by atoms with Crippen LogP contribution < -0.4 is 4.74 Å². The Balaban J connectivity index is 0.000000465. The van der Waals surface area contributed by atoms with Crippen molar-refractivity contribution in [3.8, 4) is 22.5 Å². The molecule has 0 aliphatic rings. The molecule has 4 nitrogen and oxygen atoms in total. The van der Waals surface area contributed by atoms with Gasteiger partial charge in [-0.25, -0.2) is 12.9 Å². The average Bonchev–Trinajstić information content (AvgIpc) is 2.95. The minimum Gasteiger partial charge on any atom is -0.418 e. The standard InChI is InChI=1S/C17H16NO3S.BF4/c1-18-12-16(13-6-4-3-5-7-13)17(21-18)14-8-10-15(11-9-14)22(2,19)20;2-1(3,4)5/h3-12H,1-2H3;/q+1;-1. The third-order valence-electron chi connectivity index (χ3n) is 3.42. The van der Waals surface area contributed by atoms with E-state index < -0.39 is 17.1 Å². The first-order chi connectivity index (χ1) is 12.4. The van der Waals surface area contributed by atoms with E-state index in [0.717, 1.165) is 16.7 Å². The van der Waals surface area contributed by atoms with Gasteiger partial charge in [-0.05, 0) is 34.6 Å². The highest BCUT2D eigenvalue weighted by Crippen LogP contribution is 2.31. The fraction of sp³-hybridized carbons (Fsp3) is 0.118. The third-order valence-corrected chi connectivity index (χ3v) is 4.55. The Morgan fingerprint density at radius 2 is 1.41 bits per heavy atom. The Labute approximate surface area is 154 Å². The minimum atomic E-state index is -6.00. The lowest BCUT2D eigenvalue weighted by molar-refractivity contribution is -0.843. The maximum atomic E-state index is 11.5. The summed E-state index contributed by atoms with van der Waals surface area (Å²) in [5, 5.41) is 0. The Bertz CT molecular complexity index is 995. The Hall–Kier alpha value is -2.62. The molecule has 3 aromatic rings. The van der Waals surface area contributed by atoms with Crippen LogP contribution in [-0.2, 0) is 16.9 Å². The van der Waals surface area contributed by atoms with Crippen molar-refractivity contribution in [2.24, 2.45) is 7.05 Å². The normalized spacial score (nSPS) is 11.6. The lowest BCUT2D eigenvalue weighted by Crippen LogP contribution is -2.22. The number of aromatic nitrogens is 1. The van der Waals surface area contributed by atoms with Crippen LogP contribution in [-0.4, -0.2) is 21.9 Å². The molecule has 2 aromatic carbocycles. The Morgan fingerprint density at radius 1 is 0.889 bits per heavy atom. The van der Waals surface area contributed by atoms with Crippen molar-refractivity contribution in [2.75, 3.05) is 6.26 Å². The third kappa shape index (κ3) is 6.24. The molecule has 0 aliphatic heterocycles. The van der Waals surface area contributed by atoms with Crippen LogP contribution in [0.1, 0.15) is 0 Å². The van der Waals surface area contributed by atoms with Crippen molar-refractivity contribution in [2.45, 2.75) is 4.90 Å². The van der Waals surface area contributed by atoms with Gasteiger partial charge in [-0.15, -0.1) is 0 Å². The molecule has 10 heteroatoms. The summed E-state index contributed by atoms with van der Waals surface area (Å²) in [7, 11) is -7.37. The van der Waals surface area contributed by atoms with Crippen LogP contribution in [0.2, 0.25) is 0 Å². The summed E-state index contributed by atoms with van der Waals surface area (Å²) in [6.07, 6.45) is 3.11. The maximum Gasteiger partial charge on any atom is 0.673 e. The van der Waals surface area contributed by atoms with Crippen LogP contribution in [0.4, 0.5) is 17.3 Å². The topological polar surface area (TPSA) is 51.2 Å². The largest absolute Gasteiger partial charge is 0.673 e. The second-order valence-corrected chi connectivity index (χ2v) is 7.68. The van der Waals surface area contributed by atoms with Gasteiger partial charge in [0.05, 0.1) is 4.90 Å². The molecule has 3 rings (SSSR count). The van der Waals surface area contributed by atoms with E-state index in [1.165, 1.54) is 6.26 Å². The molecule has 27 heavy (non-hydrogen) atoms. The average molecular weight is 401 g/mol. The molecule has 0 saturated heterocycles. The van der Waals surface area contributed by atoms with Gasteiger partial charge in [0.1, 0.15) is 5.56 Å². The van der Waals surface area contributed by atoms with Gasteiger partial charge in [-0.3, -0.25) is 0 Å². The first-order valence-corrected chi connectivity index (χ1v) is 9.57. The molecule has 1 heterocycles. The number of hydrogen-bond donors (Lipinski definition) is 0. The molecule has 0 unspecified atom stereocenters. The monoisotopic (exact) mass is 401 g/mol. The molecule has 1 aromatic heterocycles. The van der Waals surface area contributed by atoms with Crippen LogP contribution in [0.15, 0.2) is 70.2 Å². The van der Waals surface area contributed by atoms with E-state index >= 15 is 0 Å². The number of rotatable bonds is 3. The predicted octanol–water partition coefficient (Wildman–Crippen LogP) is 4.14. The van der Waals surface area contributed by atoms with Crippen molar-refractivity contribution in [3.05, 3.63) is 60.8 Å². The van der Waals surface area contributed by atoms with Gasteiger partial charge in [0, 0.05) is 11.8 Å². The van der Waals surface area contributed by atoms with Gasteiger partial charge in [-0.2, -0.15) is 0 Å². The molecule has 0 fully saturated rings. The number of hydrogen-bond acceptors (Lipinski definition) is 3. The molecule has 144 valence electrons. The van der Waals surface area contributed by atoms with E-state index in [1.54, 1.807) is 29.0 Å². The van der Waals surface area contributed by atoms with E-state index in [0.29, 0.717) is 10.7 Å². The van der Waals surface area contributed by atoms with E-state index in [2.05, 4.69) is 0 Å². The molecule has 0 radical (unpaired) electrons. The highest BCUT2D eigenvalue weighted by atomic mass is 32.2. The number of benzene rings is 2. The fourth-order valence-corrected chi connectivity index (χ4v) is 2.98. The van der Waals surface area contributed by atoms with Crippen molar-refractivity contribution in [1.82, 2.24) is 0 Å². The molecule has 0 aliphatic carbocycles. The summed E-state index contributed by atoms with van der Waals surface area (Å²) >= 11 is 0. The van der Waals surface area contributed by atoms with Crippen LogP contribution >= 0.6 is 0 Å². The van der Waals surface area contributed by atoms with Gasteiger partial charge >= 0.3 is 7.25 Å². The summed E-state index contributed by atoms with van der Waals surface area (Å²) in [6, 6.07) is 16.7. The number of halogens is 4. The number of aryl methyl sites for hydroxylation is 1. The van der Waals surface area contributed by atoms with Gasteiger partial charge in [-0.1, -0.05) is 30.3 Å². The quantitative estimate of drug-likeness (QED) is 0.377. The van der Waals surface area contributed by atoms with Gasteiger partial charge in [0.2, 0.25) is 12.0 Å². The first-order valence-electron chi connectivity index (χ1n) is 7.68. The van der Waals surface area contributed by atoms with Gasteiger partial charge in [0.25, 0.3) is 0 Å². The van der Waals surface area contributed by atoms with Crippen molar-refractivity contribution >= 4 is 17.1 Å².